The van der Waals surface area contributed by atoms with Crippen molar-refractivity contribution in [2.24, 2.45) is 0 Å². The second-order valence-electron chi connectivity index (χ2n) is 5.65. The number of ether oxygens (including phenoxy) is 1. The molecule has 0 amide bonds. The van der Waals surface area contributed by atoms with Crippen LogP contribution in [0.3, 0.4) is 0 Å². The van der Waals surface area contributed by atoms with Crippen molar-refractivity contribution < 1.29 is 9.84 Å². The Labute approximate surface area is 109 Å². The van der Waals surface area contributed by atoms with Crippen LogP contribution in [-0.2, 0) is 4.74 Å². The monoisotopic (exact) mass is 246 g/mol. The van der Waals surface area contributed by atoms with E-state index >= 15 is 0 Å². The predicted octanol–water partition coefficient (Wildman–Crippen LogP) is 3.56. The largest absolute Gasteiger partial charge is 0.386 e. The highest BCUT2D eigenvalue weighted by molar-refractivity contribution is 5.29. The number of aliphatic hydroxyl groups is 1. The van der Waals surface area contributed by atoms with Crippen LogP contribution in [0.2, 0.25) is 0 Å². The van der Waals surface area contributed by atoms with Crippen LogP contribution in [0.25, 0.3) is 0 Å². The fourth-order valence-corrected chi connectivity index (χ4v) is 2.97. The maximum atomic E-state index is 10.4. The first-order chi connectivity index (χ1) is 8.84. The Morgan fingerprint density at radius 2 is 2.00 bits per heavy atom. The third-order valence-electron chi connectivity index (χ3n) is 4.40. The maximum Gasteiger partial charge on any atom is 0.105 e. The molecule has 1 saturated heterocycles. The first kappa shape index (κ1) is 12.2. The normalized spacial score (nSPS) is 26.6. The molecule has 1 N–H and O–H groups in total. The van der Waals surface area contributed by atoms with Gasteiger partial charge in [0.05, 0.1) is 6.10 Å². The van der Waals surface area contributed by atoms with E-state index in [-0.39, 0.29) is 6.10 Å². The van der Waals surface area contributed by atoms with E-state index in [1.165, 1.54) is 31.2 Å². The summed E-state index contributed by atoms with van der Waals surface area (Å²) in [7, 11) is 0. The summed E-state index contributed by atoms with van der Waals surface area (Å²) in [4.78, 5) is 0. The van der Waals surface area contributed by atoms with Crippen LogP contribution in [0.4, 0.5) is 0 Å². The summed E-state index contributed by atoms with van der Waals surface area (Å²) in [6, 6.07) is 8.49. The summed E-state index contributed by atoms with van der Waals surface area (Å²) in [5.74, 6) is 0.726. The van der Waals surface area contributed by atoms with Crippen molar-refractivity contribution in [3.8, 4) is 0 Å². The summed E-state index contributed by atoms with van der Waals surface area (Å²) >= 11 is 0. The Balaban J connectivity index is 1.73. The molecule has 1 saturated carbocycles. The van der Waals surface area contributed by atoms with Gasteiger partial charge in [-0.05, 0) is 49.1 Å². The summed E-state index contributed by atoms with van der Waals surface area (Å²) < 4.78 is 5.68. The Morgan fingerprint density at radius 3 is 2.67 bits per heavy atom. The van der Waals surface area contributed by atoms with Crippen LogP contribution in [-0.4, -0.2) is 17.8 Å². The SMILES string of the molecule is OC(c1cccc(C2CCC2)c1)C1CCCCO1. The number of hydrogen-bond donors (Lipinski definition) is 1. The first-order valence-corrected chi connectivity index (χ1v) is 7.24. The van der Waals surface area contributed by atoms with Gasteiger partial charge < -0.3 is 9.84 Å². The fourth-order valence-electron chi connectivity index (χ4n) is 2.97. The fraction of sp³-hybridized carbons (Fsp3) is 0.625. The van der Waals surface area contributed by atoms with Gasteiger partial charge in [0, 0.05) is 6.61 Å². The molecule has 1 aliphatic carbocycles. The molecule has 2 heteroatoms. The molecule has 1 aromatic carbocycles. The third-order valence-corrected chi connectivity index (χ3v) is 4.40. The van der Waals surface area contributed by atoms with E-state index in [2.05, 4.69) is 18.2 Å². The van der Waals surface area contributed by atoms with E-state index in [4.69, 9.17) is 4.74 Å². The molecule has 2 fully saturated rings. The summed E-state index contributed by atoms with van der Waals surface area (Å²) in [6.45, 7) is 0.796. The molecular weight excluding hydrogens is 224 g/mol. The minimum Gasteiger partial charge on any atom is -0.386 e. The summed E-state index contributed by atoms with van der Waals surface area (Å²) in [5.41, 5.74) is 2.43. The smallest absolute Gasteiger partial charge is 0.105 e. The molecule has 2 atom stereocenters. The number of hydrogen-bond acceptors (Lipinski definition) is 2. The van der Waals surface area contributed by atoms with Gasteiger partial charge in [-0.2, -0.15) is 0 Å². The molecule has 2 nitrogen and oxygen atoms in total. The minimum atomic E-state index is -0.453. The summed E-state index contributed by atoms with van der Waals surface area (Å²) in [6.07, 6.45) is 6.78. The van der Waals surface area contributed by atoms with E-state index in [0.717, 1.165) is 30.9 Å². The van der Waals surface area contributed by atoms with Crippen LogP contribution < -0.4 is 0 Å². The topological polar surface area (TPSA) is 29.5 Å². The zero-order valence-electron chi connectivity index (χ0n) is 10.8. The number of rotatable bonds is 3. The molecule has 3 rings (SSSR count). The van der Waals surface area contributed by atoms with E-state index in [0.29, 0.717) is 0 Å². The molecule has 98 valence electrons. The van der Waals surface area contributed by atoms with Gasteiger partial charge in [0.1, 0.15) is 6.10 Å². The van der Waals surface area contributed by atoms with Gasteiger partial charge in [-0.3, -0.25) is 0 Å². The van der Waals surface area contributed by atoms with Crippen molar-refractivity contribution in [1.29, 1.82) is 0 Å². The van der Waals surface area contributed by atoms with E-state index in [9.17, 15) is 5.11 Å². The molecule has 18 heavy (non-hydrogen) atoms. The standard InChI is InChI=1S/C16H22O2/c17-16(15-9-1-2-10-18-15)14-8-4-7-13(11-14)12-5-3-6-12/h4,7-8,11-12,15-17H,1-3,5-6,9-10H2. The molecule has 1 heterocycles. The van der Waals surface area contributed by atoms with Gasteiger partial charge in [0.25, 0.3) is 0 Å². The van der Waals surface area contributed by atoms with Crippen molar-refractivity contribution in [3.05, 3.63) is 35.4 Å². The first-order valence-electron chi connectivity index (χ1n) is 7.24. The lowest BCUT2D eigenvalue weighted by Gasteiger charge is -2.29. The molecule has 0 bridgehead atoms. The van der Waals surface area contributed by atoms with Crippen molar-refractivity contribution in [1.82, 2.24) is 0 Å². The van der Waals surface area contributed by atoms with Crippen LogP contribution in [0.5, 0.6) is 0 Å². The van der Waals surface area contributed by atoms with Crippen LogP contribution in [0.1, 0.15) is 61.7 Å². The lowest BCUT2D eigenvalue weighted by atomic mass is 9.79. The highest BCUT2D eigenvalue weighted by Crippen LogP contribution is 2.37. The zero-order chi connectivity index (χ0) is 12.4. The third kappa shape index (κ3) is 2.45. The van der Waals surface area contributed by atoms with Gasteiger partial charge in [-0.1, -0.05) is 30.7 Å². The van der Waals surface area contributed by atoms with Crippen LogP contribution in [0.15, 0.2) is 24.3 Å². The second kappa shape index (κ2) is 5.41. The lowest BCUT2D eigenvalue weighted by Crippen LogP contribution is -2.26. The zero-order valence-corrected chi connectivity index (χ0v) is 10.8. The predicted molar refractivity (Wildman–Crippen MR) is 71.6 cm³/mol. The Bertz CT molecular complexity index is 392. The molecule has 2 aliphatic rings. The average molecular weight is 246 g/mol. The van der Waals surface area contributed by atoms with Crippen molar-refractivity contribution in [2.75, 3.05) is 6.61 Å². The highest BCUT2D eigenvalue weighted by atomic mass is 16.5. The minimum absolute atomic E-state index is 0.00427. The average Bonchev–Trinajstić information content (AvgIpc) is 2.37. The van der Waals surface area contributed by atoms with Gasteiger partial charge >= 0.3 is 0 Å². The number of aliphatic hydroxyl groups excluding tert-OH is 1. The van der Waals surface area contributed by atoms with Crippen molar-refractivity contribution in [3.63, 3.8) is 0 Å². The van der Waals surface area contributed by atoms with Gasteiger partial charge in [0.15, 0.2) is 0 Å². The van der Waals surface area contributed by atoms with Gasteiger partial charge in [-0.25, -0.2) is 0 Å². The molecular formula is C16H22O2. The molecule has 0 spiro atoms. The molecule has 1 aliphatic heterocycles. The van der Waals surface area contributed by atoms with Gasteiger partial charge in [0.2, 0.25) is 0 Å². The van der Waals surface area contributed by atoms with E-state index in [1.54, 1.807) is 0 Å². The van der Waals surface area contributed by atoms with Gasteiger partial charge in [-0.15, -0.1) is 0 Å². The second-order valence-corrected chi connectivity index (χ2v) is 5.65. The number of benzene rings is 1. The highest BCUT2D eigenvalue weighted by Gasteiger charge is 2.25. The quantitative estimate of drug-likeness (QED) is 0.883. The Hall–Kier alpha value is -0.860. The molecule has 1 aromatic rings. The van der Waals surface area contributed by atoms with Crippen molar-refractivity contribution in [2.45, 2.75) is 56.7 Å². The lowest BCUT2D eigenvalue weighted by molar-refractivity contribution is -0.0633. The Morgan fingerprint density at radius 1 is 1.11 bits per heavy atom. The van der Waals surface area contributed by atoms with E-state index < -0.39 is 6.10 Å². The van der Waals surface area contributed by atoms with E-state index in [1.807, 2.05) is 6.07 Å². The molecule has 2 unspecified atom stereocenters. The van der Waals surface area contributed by atoms with Crippen LogP contribution in [0, 0.1) is 0 Å². The molecule has 0 aromatic heterocycles. The Kier molecular flexibility index (Phi) is 3.67. The van der Waals surface area contributed by atoms with Crippen LogP contribution >= 0.6 is 0 Å². The molecule has 0 radical (unpaired) electrons. The maximum absolute atomic E-state index is 10.4. The summed E-state index contributed by atoms with van der Waals surface area (Å²) in [5, 5.41) is 10.4. The van der Waals surface area contributed by atoms with Crippen molar-refractivity contribution >= 4 is 0 Å².